The van der Waals surface area contributed by atoms with E-state index in [0.717, 1.165) is 58.7 Å². The fourth-order valence-corrected chi connectivity index (χ4v) is 3.98. The predicted octanol–water partition coefficient (Wildman–Crippen LogP) is 2.23. The van der Waals surface area contributed by atoms with Crippen LogP contribution in [0.25, 0.3) is 0 Å². The van der Waals surface area contributed by atoms with Crippen LogP contribution in [0.5, 0.6) is 0 Å². The van der Waals surface area contributed by atoms with Crippen LogP contribution in [-0.2, 0) is 6.42 Å². The Kier molecular flexibility index (Phi) is 7.48. The molecule has 0 saturated carbocycles. The average Bonchev–Trinajstić information content (AvgIpc) is 3.24. The zero-order chi connectivity index (χ0) is 18.5. The Bertz CT molecular complexity index is 736. The van der Waals surface area contributed by atoms with Gasteiger partial charge in [0.1, 0.15) is 5.69 Å². The van der Waals surface area contributed by atoms with Crippen LogP contribution in [0.15, 0.2) is 42.6 Å². The zero-order valence-corrected chi connectivity index (χ0v) is 17.1. The van der Waals surface area contributed by atoms with Gasteiger partial charge in [-0.25, -0.2) is 0 Å². The van der Waals surface area contributed by atoms with Crippen molar-refractivity contribution in [1.82, 2.24) is 24.9 Å². The molecule has 1 N–H and O–H groups in total. The summed E-state index contributed by atoms with van der Waals surface area (Å²) in [7, 11) is 0. The third-order valence-corrected chi connectivity index (χ3v) is 5.69. The van der Waals surface area contributed by atoms with Gasteiger partial charge in [0.05, 0.1) is 6.04 Å². The van der Waals surface area contributed by atoms with Crippen LogP contribution in [0.2, 0.25) is 0 Å². The Labute approximate surface area is 173 Å². The van der Waals surface area contributed by atoms with E-state index in [-0.39, 0.29) is 18.3 Å². The molecule has 6 nitrogen and oxygen atoms in total. The van der Waals surface area contributed by atoms with Gasteiger partial charge in [0.2, 0.25) is 0 Å². The number of nitrogens with one attached hydrogen (secondary N) is 1. The van der Waals surface area contributed by atoms with E-state index in [1.54, 1.807) is 0 Å². The average molecular weight is 404 g/mol. The Hall–Kier alpha value is -1.89. The molecule has 3 heterocycles. The highest BCUT2D eigenvalue weighted by Crippen LogP contribution is 2.16. The molecule has 7 heteroatoms. The first-order valence-electron chi connectivity index (χ1n) is 10.1. The van der Waals surface area contributed by atoms with Crippen molar-refractivity contribution in [2.45, 2.75) is 25.3 Å². The van der Waals surface area contributed by atoms with Crippen molar-refractivity contribution in [2.75, 3.05) is 45.8 Å². The summed E-state index contributed by atoms with van der Waals surface area (Å²) in [6.45, 7) is 6.51. The summed E-state index contributed by atoms with van der Waals surface area (Å²) in [5, 5.41) is 7.98. The molecule has 1 unspecified atom stereocenters. The quantitative estimate of drug-likeness (QED) is 0.831. The second kappa shape index (κ2) is 10.0. The van der Waals surface area contributed by atoms with Gasteiger partial charge >= 0.3 is 0 Å². The van der Waals surface area contributed by atoms with Gasteiger partial charge in [0.25, 0.3) is 5.91 Å². The first-order valence-corrected chi connectivity index (χ1v) is 10.1. The van der Waals surface area contributed by atoms with E-state index in [2.05, 4.69) is 45.6 Å². The highest BCUT2D eigenvalue weighted by molar-refractivity contribution is 5.92. The maximum atomic E-state index is 12.8. The van der Waals surface area contributed by atoms with Crippen LogP contribution >= 0.6 is 12.4 Å². The third-order valence-electron chi connectivity index (χ3n) is 5.69. The Morgan fingerprint density at radius 3 is 2.61 bits per heavy atom. The number of hydrogen-bond donors (Lipinski definition) is 1. The molecule has 1 aromatic carbocycles. The number of carbonyl (C=O) groups excluding carboxylic acids is 1. The molecule has 0 radical (unpaired) electrons. The summed E-state index contributed by atoms with van der Waals surface area (Å²) in [5.41, 5.74) is 1.96. The number of hydrogen-bond acceptors (Lipinski definition) is 4. The number of carbonyl (C=O) groups is 1. The number of piperidine rings is 1. The van der Waals surface area contributed by atoms with E-state index in [1.807, 2.05) is 21.8 Å². The molecule has 1 amide bonds. The lowest BCUT2D eigenvalue weighted by molar-refractivity contribution is 0.0631. The van der Waals surface area contributed by atoms with Crippen LogP contribution in [0.3, 0.4) is 0 Å². The number of aromatic nitrogens is 2. The number of rotatable bonds is 5. The lowest BCUT2D eigenvalue weighted by Gasteiger charge is -2.34. The third kappa shape index (κ3) is 5.13. The molecule has 2 aliphatic rings. The summed E-state index contributed by atoms with van der Waals surface area (Å²) in [4.78, 5) is 17.2. The van der Waals surface area contributed by atoms with Crippen molar-refractivity contribution in [1.29, 1.82) is 0 Å². The molecular formula is C21H30ClN5O. The van der Waals surface area contributed by atoms with E-state index in [4.69, 9.17) is 0 Å². The van der Waals surface area contributed by atoms with E-state index in [9.17, 15) is 4.79 Å². The lowest BCUT2D eigenvalue weighted by Crippen LogP contribution is -2.49. The maximum absolute atomic E-state index is 12.8. The number of amides is 1. The smallest absolute Gasteiger partial charge is 0.274 e. The molecule has 152 valence electrons. The van der Waals surface area contributed by atoms with Gasteiger partial charge in [0.15, 0.2) is 0 Å². The van der Waals surface area contributed by atoms with Crippen LogP contribution < -0.4 is 5.32 Å². The summed E-state index contributed by atoms with van der Waals surface area (Å²) < 4.78 is 1.97. The van der Waals surface area contributed by atoms with Gasteiger partial charge in [-0.2, -0.15) is 5.10 Å². The zero-order valence-electron chi connectivity index (χ0n) is 16.3. The van der Waals surface area contributed by atoms with Gasteiger partial charge in [-0.1, -0.05) is 30.3 Å². The van der Waals surface area contributed by atoms with Crippen molar-refractivity contribution in [3.63, 3.8) is 0 Å². The van der Waals surface area contributed by atoms with Crippen LogP contribution in [0.4, 0.5) is 0 Å². The number of nitrogens with zero attached hydrogens (tertiary/aromatic N) is 4. The molecule has 2 saturated heterocycles. The maximum Gasteiger partial charge on any atom is 0.274 e. The summed E-state index contributed by atoms with van der Waals surface area (Å²) in [6, 6.07) is 12.8. The van der Waals surface area contributed by atoms with Crippen molar-refractivity contribution >= 4 is 18.3 Å². The SMILES string of the molecule is Cl.O=C(c1ccn(C2CCCNC2)n1)N1CCN(CCc2ccccc2)CC1. The fraction of sp³-hybridized carbons (Fsp3) is 0.524. The van der Waals surface area contributed by atoms with Crippen molar-refractivity contribution in [3.8, 4) is 0 Å². The van der Waals surface area contributed by atoms with Gasteiger partial charge in [-0.05, 0) is 37.4 Å². The minimum absolute atomic E-state index is 0. The number of halogens is 1. The van der Waals surface area contributed by atoms with Crippen molar-refractivity contribution in [2.24, 2.45) is 0 Å². The van der Waals surface area contributed by atoms with Gasteiger partial charge in [-0.15, -0.1) is 12.4 Å². The predicted molar refractivity (Wildman–Crippen MR) is 113 cm³/mol. The minimum Gasteiger partial charge on any atom is -0.335 e. The molecule has 1 atom stereocenters. The largest absolute Gasteiger partial charge is 0.335 e. The normalized spacial score (nSPS) is 20.6. The van der Waals surface area contributed by atoms with E-state index in [0.29, 0.717) is 11.7 Å². The Morgan fingerprint density at radius 1 is 1.11 bits per heavy atom. The molecule has 2 aromatic rings. The monoisotopic (exact) mass is 403 g/mol. The highest BCUT2D eigenvalue weighted by Gasteiger charge is 2.24. The Balaban J connectivity index is 0.00000225. The van der Waals surface area contributed by atoms with Crippen molar-refractivity contribution < 1.29 is 4.79 Å². The van der Waals surface area contributed by atoms with Gasteiger partial charge < -0.3 is 10.2 Å². The topological polar surface area (TPSA) is 53.4 Å². The minimum atomic E-state index is 0. The standard InChI is InChI=1S/C21H29N5O.ClH/c27-21(20-9-12-26(23-20)19-7-4-10-22-17-19)25-15-13-24(14-16-25)11-8-18-5-2-1-3-6-18;/h1-3,5-6,9,12,19,22H,4,7-8,10-11,13-17H2;1H. The molecule has 1 aromatic heterocycles. The first-order chi connectivity index (χ1) is 13.3. The lowest BCUT2D eigenvalue weighted by atomic mass is 10.1. The first kappa shape index (κ1) is 20.8. The highest BCUT2D eigenvalue weighted by atomic mass is 35.5. The van der Waals surface area contributed by atoms with Crippen LogP contribution in [0.1, 0.15) is 34.9 Å². The fourth-order valence-electron chi connectivity index (χ4n) is 3.98. The summed E-state index contributed by atoms with van der Waals surface area (Å²) in [6.07, 6.45) is 5.32. The molecule has 4 rings (SSSR count). The number of piperazine rings is 1. The van der Waals surface area contributed by atoms with Gasteiger partial charge in [-0.3, -0.25) is 14.4 Å². The molecule has 2 fully saturated rings. The van der Waals surface area contributed by atoms with Crippen LogP contribution in [0, 0.1) is 0 Å². The summed E-state index contributed by atoms with van der Waals surface area (Å²) in [5.74, 6) is 0.0697. The van der Waals surface area contributed by atoms with Crippen LogP contribution in [-0.4, -0.2) is 71.3 Å². The van der Waals surface area contributed by atoms with Gasteiger partial charge in [0, 0.05) is 45.5 Å². The van der Waals surface area contributed by atoms with Crippen molar-refractivity contribution in [3.05, 3.63) is 53.9 Å². The van der Waals surface area contributed by atoms with E-state index in [1.165, 1.54) is 12.0 Å². The molecule has 2 aliphatic heterocycles. The van der Waals surface area contributed by atoms with E-state index < -0.39 is 0 Å². The molecular weight excluding hydrogens is 374 g/mol. The molecule has 0 aliphatic carbocycles. The number of benzene rings is 1. The second-order valence-corrected chi connectivity index (χ2v) is 7.55. The molecule has 28 heavy (non-hydrogen) atoms. The summed E-state index contributed by atoms with van der Waals surface area (Å²) >= 11 is 0. The molecule has 0 spiro atoms. The Morgan fingerprint density at radius 2 is 1.89 bits per heavy atom. The second-order valence-electron chi connectivity index (χ2n) is 7.55. The molecule has 0 bridgehead atoms. The van der Waals surface area contributed by atoms with E-state index >= 15 is 0 Å².